The number of unbranched alkanes of at least 4 members (excludes halogenated alkanes) is 45. The van der Waals surface area contributed by atoms with E-state index in [0.717, 1.165) is 134 Å². The van der Waals surface area contributed by atoms with Gasteiger partial charge in [0, 0.05) is 158 Å². The summed E-state index contributed by atoms with van der Waals surface area (Å²) >= 11 is 13.3. The van der Waals surface area contributed by atoms with Crippen LogP contribution >= 0.6 is 134 Å². The van der Waals surface area contributed by atoms with E-state index in [1.807, 2.05) is 0 Å². The third-order valence-corrected chi connectivity index (χ3v) is 29.4. The minimum atomic E-state index is -1.50. The molecule has 0 heterocycles. The zero-order valence-electron chi connectivity index (χ0n) is 63.4. The van der Waals surface area contributed by atoms with Gasteiger partial charge in [0.1, 0.15) is 0 Å². The Bertz CT molecular complexity index is 1770. The smallest absolute Gasteiger partial charge is 0.239 e. The Morgan fingerprint density at radius 3 is 0.545 bits per heavy atom. The Morgan fingerprint density at radius 1 is 0.192 bits per heavy atom. The van der Waals surface area contributed by atoms with Crippen LogP contribution in [0.4, 0.5) is 0 Å². The molecule has 21 heteroatoms. The van der Waals surface area contributed by atoms with E-state index in [1.54, 1.807) is 0 Å². The van der Waals surface area contributed by atoms with Crippen molar-refractivity contribution in [1.29, 1.82) is 0 Å². The molecule has 9 nitrogen and oxygen atoms in total. The van der Waals surface area contributed by atoms with Crippen molar-refractivity contribution >= 4 is 134 Å². The van der Waals surface area contributed by atoms with E-state index in [1.165, 1.54) is 383 Å². The standard InChI is InChI=1S/C78H145O9P3S9/c1-6-11-16-21-26-29-32-37-42-51-68-91-79-88(80-92-71-54-45-47-56-73-96-84-89(82-94-69-52-43-38-33-30-27-22-17-12-7-2)86-98-77-64-60-75(61-65-77)58-49-40-35-24-19-14-9-4)81-93-72-55-46-48-57-74-97-85-90(83-95-70-53-44-39-34-31-28-23-18-13-8-3)87-99-78-66-62-76(63-67-78)59-50-41-36-25-20-15-10-5/h60-67H,6-59,68-74H2,1-5H3. The van der Waals surface area contributed by atoms with Gasteiger partial charge in [-0.05, 0) is 106 Å². The molecule has 2 rings (SSSR count). The number of benzene rings is 2. The Labute approximate surface area is 655 Å². The van der Waals surface area contributed by atoms with Crippen LogP contribution in [0.1, 0.15) is 380 Å². The second-order valence-electron chi connectivity index (χ2n) is 26.7. The van der Waals surface area contributed by atoms with Gasteiger partial charge in [-0.25, -0.2) is 35.7 Å². The molecule has 0 saturated heterocycles. The molecule has 2 atom stereocenters. The lowest BCUT2D eigenvalue weighted by Crippen LogP contribution is -1.90. The van der Waals surface area contributed by atoms with Gasteiger partial charge >= 0.3 is 25.8 Å². The minimum Gasteiger partial charge on any atom is -0.239 e. The molecule has 0 spiro atoms. The summed E-state index contributed by atoms with van der Waals surface area (Å²) in [5.41, 5.74) is 2.81. The molecule has 0 aliphatic rings. The van der Waals surface area contributed by atoms with Crippen molar-refractivity contribution in [3.05, 3.63) is 59.7 Å². The first kappa shape index (κ1) is 97.6. The lowest BCUT2D eigenvalue weighted by atomic mass is 10.0. The van der Waals surface area contributed by atoms with E-state index in [2.05, 4.69) is 83.1 Å². The highest BCUT2D eigenvalue weighted by Crippen LogP contribution is 2.54. The first-order valence-electron chi connectivity index (χ1n) is 40.5. The number of rotatable bonds is 83. The molecule has 2 aromatic rings. The maximum atomic E-state index is 6.24. The summed E-state index contributed by atoms with van der Waals surface area (Å²) in [5.74, 6) is 6.53. The van der Waals surface area contributed by atoms with E-state index >= 15 is 0 Å². The molecule has 0 N–H and O–H groups in total. The molecular weight excluding hydrogens is 1460 g/mol. The quantitative estimate of drug-likeness (QED) is 0.0358. The number of hydrogen-bond acceptors (Lipinski definition) is 18. The average molecular weight is 1610 g/mol. The van der Waals surface area contributed by atoms with Gasteiger partial charge in [0.15, 0.2) is 0 Å². The van der Waals surface area contributed by atoms with Gasteiger partial charge in [-0.15, -0.1) is 0 Å². The Kier molecular flexibility index (Phi) is 80.4. The van der Waals surface area contributed by atoms with Crippen molar-refractivity contribution in [2.24, 2.45) is 0 Å². The molecule has 0 saturated carbocycles. The largest absolute Gasteiger partial charge is 0.369 e. The lowest BCUT2D eigenvalue weighted by Gasteiger charge is -2.14. The van der Waals surface area contributed by atoms with Crippen LogP contribution in [0, 0.1) is 0 Å². The minimum absolute atomic E-state index is 0.907. The summed E-state index contributed by atoms with van der Waals surface area (Å²) < 4.78 is 56.0. The summed E-state index contributed by atoms with van der Waals surface area (Å²) in [5, 5.41) is 0. The van der Waals surface area contributed by atoms with Gasteiger partial charge in [0.05, 0.1) is 0 Å². The van der Waals surface area contributed by atoms with Gasteiger partial charge in [0.2, 0.25) is 0 Å². The number of hydrogen-bond donors (Lipinski definition) is 0. The summed E-state index contributed by atoms with van der Waals surface area (Å²) in [6.45, 7) is 11.4. The molecule has 2 unspecified atom stereocenters. The maximum Gasteiger partial charge on any atom is 0.369 e. The Morgan fingerprint density at radius 2 is 0.354 bits per heavy atom. The highest BCUT2D eigenvalue weighted by molar-refractivity contribution is 8.04. The highest BCUT2D eigenvalue weighted by Gasteiger charge is 2.20. The fourth-order valence-corrected chi connectivity index (χ4v) is 22.4. The monoisotopic (exact) mass is 1610 g/mol. The third kappa shape index (κ3) is 69.5. The molecule has 99 heavy (non-hydrogen) atoms. The first-order valence-corrected chi connectivity index (χ1v) is 51.6. The van der Waals surface area contributed by atoms with Crippen molar-refractivity contribution in [1.82, 2.24) is 0 Å². The SMILES string of the molecule is CCCCCCCCCCCCSOP(OSCCCCCCSOP(OSCCCCCCCCCCCC)OSc1ccc(CCCCCCCCC)cc1)OSCCCCCCSOP(OSCCCCCCCCCCCC)OSc1ccc(CCCCCCCCC)cc1. The van der Waals surface area contributed by atoms with Gasteiger partial charge < -0.3 is 0 Å². The zero-order chi connectivity index (χ0) is 70.6. The van der Waals surface area contributed by atoms with Crippen LogP contribution in [0.5, 0.6) is 0 Å². The molecular formula is C78H145O9P3S9. The van der Waals surface area contributed by atoms with Crippen molar-refractivity contribution in [2.75, 3.05) is 40.3 Å². The van der Waals surface area contributed by atoms with E-state index in [0.29, 0.717) is 0 Å². The van der Waals surface area contributed by atoms with Gasteiger partial charge in [0.25, 0.3) is 0 Å². The van der Waals surface area contributed by atoms with Crippen LogP contribution in [0.15, 0.2) is 58.3 Å². The maximum absolute atomic E-state index is 6.24. The van der Waals surface area contributed by atoms with Gasteiger partial charge in [-0.1, -0.05) is 335 Å². The van der Waals surface area contributed by atoms with E-state index in [-0.39, 0.29) is 0 Å². The van der Waals surface area contributed by atoms with Crippen LogP contribution in [-0.2, 0) is 48.6 Å². The predicted molar refractivity (Wildman–Crippen MR) is 458 cm³/mol. The molecule has 0 radical (unpaired) electrons. The molecule has 0 fully saturated rings. The second-order valence-corrected chi connectivity index (χ2v) is 39.2. The van der Waals surface area contributed by atoms with Crippen LogP contribution in [0.25, 0.3) is 0 Å². The van der Waals surface area contributed by atoms with Crippen molar-refractivity contribution in [3.8, 4) is 0 Å². The van der Waals surface area contributed by atoms with Crippen LogP contribution in [0.3, 0.4) is 0 Å². The predicted octanol–water partition coefficient (Wildman–Crippen LogP) is 34.2. The van der Waals surface area contributed by atoms with Crippen LogP contribution < -0.4 is 0 Å². The average Bonchev–Trinajstić information content (AvgIpc) is 1.55. The molecule has 0 aromatic heterocycles. The van der Waals surface area contributed by atoms with Gasteiger partial charge in [-0.3, -0.25) is 0 Å². The number of aryl methyl sites for hydroxylation is 2. The van der Waals surface area contributed by atoms with Crippen molar-refractivity contribution in [2.45, 2.75) is 391 Å². The van der Waals surface area contributed by atoms with Crippen LogP contribution in [0.2, 0.25) is 0 Å². The molecule has 2 aromatic carbocycles. The van der Waals surface area contributed by atoms with Crippen molar-refractivity contribution in [3.63, 3.8) is 0 Å². The lowest BCUT2D eigenvalue weighted by molar-refractivity contribution is 0.465. The topological polar surface area (TPSA) is 83.1 Å². The summed E-state index contributed by atoms with van der Waals surface area (Å²) in [7, 11) is -4.45. The first-order chi connectivity index (χ1) is 49.1. The third-order valence-electron chi connectivity index (χ3n) is 17.3. The van der Waals surface area contributed by atoms with E-state index in [9.17, 15) is 0 Å². The second kappa shape index (κ2) is 81.5. The summed E-state index contributed by atoms with van der Waals surface area (Å²) in [4.78, 5) is 2.17. The fraction of sp³-hybridized carbons (Fsp3) is 0.846. The molecule has 0 bridgehead atoms. The van der Waals surface area contributed by atoms with Gasteiger partial charge in [-0.2, -0.15) is 0 Å². The van der Waals surface area contributed by atoms with Crippen LogP contribution in [-0.4, -0.2) is 40.3 Å². The molecule has 580 valence electrons. The normalized spacial score (nSPS) is 12.7. The Balaban J connectivity index is 1.76. The molecule has 0 amide bonds. The fourth-order valence-electron chi connectivity index (χ4n) is 11.1. The summed E-state index contributed by atoms with van der Waals surface area (Å²) in [6.07, 6.45) is 69.9. The van der Waals surface area contributed by atoms with Crippen molar-refractivity contribution < 1.29 is 35.7 Å². The van der Waals surface area contributed by atoms with E-state index < -0.39 is 25.8 Å². The molecule has 0 aliphatic carbocycles. The van der Waals surface area contributed by atoms with E-state index in [4.69, 9.17) is 35.7 Å². The zero-order valence-corrected chi connectivity index (χ0v) is 73.5. The molecule has 0 aliphatic heterocycles. The Hall–Kier alpha value is 2.52. The summed E-state index contributed by atoms with van der Waals surface area (Å²) in [6, 6.07) is 17.8. The highest BCUT2D eigenvalue weighted by atomic mass is 32.2.